The van der Waals surface area contributed by atoms with E-state index in [0.717, 1.165) is 0 Å². The van der Waals surface area contributed by atoms with E-state index in [0.29, 0.717) is 37.6 Å². The topological polar surface area (TPSA) is 120 Å². The highest BCUT2D eigenvalue weighted by molar-refractivity contribution is 5.95. The number of rotatable bonds is 4. The molecule has 0 radical (unpaired) electrons. The second kappa shape index (κ2) is 8.34. The lowest BCUT2D eigenvalue weighted by Gasteiger charge is -2.35. The summed E-state index contributed by atoms with van der Waals surface area (Å²) >= 11 is 0. The Labute approximate surface area is 176 Å². The molecule has 3 aromatic rings. The van der Waals surface area contributed by atoms with Crippen LogP contribution in [0.1, 0.15) is 20.8 Å². The quantitative estimate of drug-likeness (QED) is 0.654. The molecule has 1 amide bonds. The van der Waals surface area contributed by atoms with Crippen LogP contribution in [0.15, 0.2) is 48.8 Å². The second-order valence-corrected chi connectivity index (χ2v) is 6.99. The van der Waals surface area contributed by atoms with E-state index >= 15 is 0 Å². The normalized spacial score (nSPS) is 13.8. The number of hydrogen-bond acceptors (Lipinski definition) is 7. The van der Waals surface area contributed by atoms with Crippen molar-refractivity contribution in [2.24, 2.45) is 0 Å². The highest BCUT2D eigenvalue weighted by atomic mass is 19.1. The molecular weight excluding hydrogens is 405 g/mol. The van der Waals surface area contributed by atoms with Crippen LogP contribution in [0.5, 0.6) is 5.75 Å². The average molecular weight is 423 g/mol. The molecule has 0 saturated carbocycles. The lowest BCUT2D eigenvalue weighted by Crippen LogP contribution is -2.49. The number of benzene rings is 1. The Morgan fingerprint density at radius 1 is 0.968 bits per heavy atom. The zero-order valence-electron chi connectivity index (χ0n) is 16.3. The van der Waals surface area contributed by atoms with Crippen LogP contribution in [0.4, 0.5) is 10.2 Å². The predicted octanol–water partition coefficient (Wildman–Crippen LogP) is 2.04. The number of aromatic carboxylic acids is 1. The third-order valence-corrected chi connectivity index (χ3v) is 5.01. The molecule has 1 aromatic carbocycles. The zero-order valence-corrected chi connectivity index (χ0v) is 16.3. The van der Waals surface area contributed by atoms with Crippen LogP contribution in [-0.2, 0) is 0 Å². The molecule has 10 heteroatoms. The predicted molar refractivity (Wildman–Crippen MR) is 108 cm³/mol. The number of amides is 1. The number of piperazine rings is 1. The molecule has 1 saturated heterocycles. The van der Waals surface area contributed by atoms with Crippen LogP contribution < -0.4 is 4.90 Å². The van der Waals surface area contributed by atoms with Crippen molar-refractivity contribution in [2.45, 2.75) is 0 Å². The Morgan fingerprint density at radius 2 is 1.74 bits per heavy atom. The summed E-state index contributed by atoms with van der Waals surface area (Å²) in [5.74, 6) is -1.55. The van der Waals surface area contributed by atoms with Crippen molar-refractivity contribution in [1.29, 1.82) is 0 Å². The standard InChI is InChI=1S/C21H18FN5O4/c22-17-10-13(1-2-16(17)14-9-15(28)12-23-11-14)20(29)27-7-5-26(6-8-27)19-4-3-18(21(30)31)24-25-19/h1-4,9-12,28H,5-8H2,(H,30,31). The van der Waals surface area contributed by atoms with E-state index in [2.05, 4.69) is 15.2 Å². The van der Waals surface area contributed by atoms with Crippen LogP contribution in [-0.4, -0.2) is 68.3 Å². The summed E-state index contributed by atoms with van der Waals surface area (Å²) in [6.07, 6.45) is 2.69. The van der Waals surface area contributed by atoms with Gasteiger partial charge >= 0.3 is 5.97 Å². The molecule has 0 atom stereocenters. The van der Waals surface area contributed by atoms with Gasteiger partial charge in [-0.15, -0.1) is 10.2 Å². The molecule has 0 unspecified atom stereocenters. The van der Waals surface area contributed by atoms with Gasteiger partial charge < -0.3 is 20.0 Å². The van der Waals surface area contributed by atoms with Gasteiger partial charge in [-0.1, -0.05) is 6.07 Å². The van der Waals surface area contributed by atoms with Crippen LogP contribution in [0, 0.1) is 5.82 Å². The fourth-order valence-corrected chi connectivity index (χ4v) is 3.39. The second-order valence-electron chi connectivity index (χ2n) is 6.99. The minimum absolute atomic E-state index is 0.0720. The first-order chi connectivity index (χ1) is 14.9. The highest BCUT2D eigenvalue weighted by Crippen LogP contribution is 2.26. The number of aromatic hydroxyl groups is 1. The number of carbonyl (C=O) groups excluding carboxylic acids is 1. The molecule has 0 aliphatic carbocycles. The lowest BCUT2D eigenvalue weighted by atomic mass is 10.0. The number of carboxylic acid groups (broad SMARTS) is 1. The number of pyridine rings is 1. The van der Waals surface area contributed by atoms with Gasteiger partial charge in [0.25, 0.3) is 5.91 Å². The molecule has 31 heavy (non-hydrogen) atoms. The summed E-state index contributed by atoms with van der Waals surface area (Å²) in [5.41, 5.74) is 0.756. The van der Waals surface area contributed by atoms with Gasteiger partial charge in [0.15, 0.2) is 11.5 Å². The van der Waals surface area contributed by atoms with E-state index in [4.69, 9.17) is 5.11 Å². The number of halogens is 1. The molecule has 9 nitrogen and oxygen atoms in total. The molecule has 2 N–H and O–H groups in total. The van der Waals surface area contributed by atoms with Gasteiger partial charge in [-0.2, -0.15) is 0 Å². The van der Waals surface area contributed by atoms with Gasteiger partial charge in [0.2, 0.25) is 0 Å². The van der Waals surface area contributed by atoms with Gasteiger partial charge in [-0.05, 0) is 30.3 Å². The lowest BCUT2D eigenvalue weighted by molar-refractivity contribution is 0.0687. The average Bonchev–Trinajstić information content (AvgIpc) is 2.78. The minimum Gasteiger partial charge on any atom is -0.506 e. The monoisotopic (exact) mass is 423 g/mol. The van der Waals surface area contributed by atoms with E-state index in [9.17, 15) is 19.1 Å². The smallest absolute Gasteiger partial charge is 0.356 e. The van der Waals surface area contributed by atoms with E-state index in [1.807, 2.05) is 4.90 Å². The Balaban J connectivity index is 1.42. The number of carboxylic acids is 1. The zero-order chi connectivity index (χ0) is 22.0. The van der Waals surface area contributed by atoms with E-state index in [-0.39, 0.29) is 28.5 Å². The first-order valence-corrected chi connectivity index (χ1v) is 9.47. The van der Waals surface area contributed by atoms with Crippen molar-refractivity contribution in [1.82, 2.24) is 20.1 Å². The van der Waals surface area contributed by atoms with Crippen molar-refractivity contribution >= 4 is 17.7 Å². The number of carbonyl (C=O) groups is 2. The van der Waals surface area contributed by atoms with Crippen LogP contribution >= 0.6 is 0 Å². The van der Waals surface area contributed by atoms with Crippen LogP contribution in [0.25, 0.3) is 11.1 Å². The van der Waals surface area contributed by atoms with Crippen molar-refractivity contribution in [3.8, 4) is 16.9 Å². The number of anilines is 1. The molecule has 3 heterocycles. The molecule has 4 rings (SSSR count). The van der Waals surface area contributed by atoms with Gasteiger partial charge in [0.1, 0.15) is 11.6 Å². The van der Waals surface area contributed by atoms with Crippen molar-refractivity contribution in [2.75, 3.05) is 31.1 Å². The van der Waals surface area contributed by atoms with Crippen molar-refractivity contribution in [3.05, 3.63) is 65.9 Å². The Kier molecular flexibility index (Phi) is 5.44. The highest BCUT2D eigenvalue weighted by Gasteiger charge is 2.24. The fourth-order valence-electron chi connectivity index (χ4n) is 3.39. The third kappa shape index (κ3) is 4.27. The molecule has 0 spiro atoms. The van der Waals surface area contributed by atoms with Crippen LogP contribution in [0.2, 0.25) is 0 Å². The van der Waals surface area contributed by atoms with Crippen molar-refractivity contribution < 1.29 is 24.2 Å². The summed E-state index contributed by atoms with van der Waals surface area (Å²) in [7, 11) is 0. The Bertz CT molecular complexity index is 1130. The maximum absolute atomic E-state index is 14.6. The third-order valence-electron chi connectivity index (χ3n) is 5.01. The molecule has 0 bridgehead atoms. The number of aromatic nitrogens is 3. The SMILES string of the molecule is O=C(O)c1ccc(N2CCN(C(=O)c3ccc(-c4cncc(O)c4)c(F)c3)CC2)nn1. The van der Waals surface area contributed by atoms with E-state index in [1.165, 1.54) is 36.7 Å². The molecule has 1 aliphatic heterocycles. The van der Waals surface area contributed by atoms with Gasteiger partial charge in [-0.25, -0.2) is 9.18 Å². The molecule has 2 aromatic heterocycles. The van der Waals surface area contributed by atoms with Gasteiger partial charge in [0, 0.05) is 49.1 Å². The Hall–Kier alpha value is -4.08. The fraction of sp³-hybridized carbons (Fsp3) is 0.190. The molecule has 1 aliphatic rings. The maximum Gasteiger partial charge on any atom is 0.356 e. The first-order valence-electron chi connectivity index (χ1n) is 9.47. The Morgan fingerprint density at radius 3 is 2.35 bits per heavy atom. The summed E-state index contributed by atoms with van der Waals surface area (Å²) < 4.78 is 14.6. The number of hydrogen-bond donors (Lipinski definition) is 2. The van der Waals surface area contributed by atoms with Crippen LogP contribution in [0.3, 0.4) is 0 Å². The summed E-state index contributed by atoms with van der Waals surface area (Å²) in [6.45, 7) is 1.78. The molecular formula is C21H18FN5O4. The maximum atomic E-state index is 14.6. The summed E-state index contributed by atoms with van der Waals surface area (Å²) in [5, 5.41) is 26.0. The van der Waals surface area contributed by atoms with Crippen molar-refractivity contribution in [3.63, 3.8) is 0 Å². The largest absolute Gasteiger partial charge is 0.506 e. The molecule has 1 fully saturated rings. The van der Waals surface area contributed by atoms with E-state index in [1.54, 1.807) is 17.0 Å². The number of nitrogens with zero attached hydrogens (tertiary/aromatic N) is 5. The molecule has 158 valence electrons. The minimum atomic E-state index is -1.15. The summed E-state index contributed by atoms with van der Waals surface area (Å²) in [6, 6.07) is 8.59. The van der Waals surface area contributed by atoms with E-state index < -0.39 is 11.8 Å². The first kappa shape index (κ1) is 20.2. The van der Waals surface area contributed by atoms with Gasteiger partial charge in [0.05, 0.1) is 6.20 Å². The summed E-state index contributed by atoms with van der Waals surface area (Å²) in [4.78, 5) is 31.1. The van der Waals surface area contributed by atoms with Gasteiger partial charge in [-0.3, -0.25) is 9.78 Å².